The van der Waals surface area contributed by atoms with Crippen molar-refractivity contribution in [1.29, 1.82) is 0 Å². The van der Waals surface area contributed by atoms with Crippen LogP contribution in [0, 0.1) is 0 Å². The van der Waals surface area contributed by atoms with E-state index in [-0.39, 0.29) is 6.04 Å². The Kier molecular flexibility index (Phi) is 3.94. The second kappa shape index (κ2) is 5.64. The van der Waals surface area contributed by atoms with Crippen LogP contribution >= 0.6 is 0 Å². The average molecular weight is 246 g/mol. The number of hydrogen-bond acceptors (Lipinski definition) is 4. The zero-order valence-electron chi connectivity index (χ0n) is 10.9. The first-order chi connectivity index (χ1) is 8.81. The maximum absolute atomic E-state index is 5.36. The topological polar surface area (TPSA) is 52.0 Å². The Labute approximate surface area is 107 Å². The summed E-state index contributed by atoms with van der Waals surface area (Å²) >= 11 is 0. The summed E-state index contributed by atoms with van der Waals surface area (Å²) in [6.07, 6.45) is 7.28. The molecule has 0 aliphatic carbocycles. The van der Waals surface area contributed by atoms with Crippen molar-refractivity contribution in [3.05, 3.63) is 42.2 Å². The lowest BCUT2D eigenvalue weighted by atomic mass is 10.1. The van der Waals surface area contributed by atoms with Crippen molar-refractivity contribution in [2.24, 2.45) is 0 Å². The van der Waals surface area contributed by atoms with Gasteiger partial charge in [0.15, 0.2) is 0 Å². The molecular formula is C13H18N4O. The molecule has 0 saturated carbocycles. The van der Waals surface area contributed by atoms with Crippen LogP contribution in [-0.4, -0.2) is 28.7 Å². The van der Waals surface area contributed by atoms with E-state index in [9.17, 15) is 0 Å². The minimum Gasteiger partial charge on any atom is -0.495 e. The molecule has 1 N–H and O–H groups in total. The van der Waals surface area contributed by atoms with Gasteiger partial charge < -0.3 is 14.6 Å². The number of aryl methyl sites for hydroxylation is 1. The highest BCUT2D eigenvalue weighted by atomic mass is 16.5. The predicted molar refractivity (Wildman–Crippen MR) is 69.6 cm³/mol. The number of aromatic nitrogens is 3. The van der Waals surface area contributed by atoms with Crippen LogP contribution in [-0.2, 0) is 6.54 Å². The summed E-state index contributed by atoms with van der Waals surface area (Å²) in [7, 11) is 3.57. The highest BCUT2D eigenvalue weighted by Crippen LogP contribution is 2.27. The third kappa shape index (κ3) is 2.22. The number of hydrogen-bond donors (Lipinski definition) is 1. The highest BCUT2D eigenvalue weighted by molar-refractivity contribution is 5.36. The fourth-order valence-electron chi connectivity index (χ4n) is 2.07. The number of methoxy groups -OCH3 is 1. The molecule has 1 unspecified atom stereocenters. The molecule has 1 atom stereocenters. The molecule has 0 aromatic carbocycles. The van der Waals surface area contributed by atoms with Crippen LogP contribution < -0.4 is 10.1 Å². The van der Waals surface area contributed by atoms with E-state index in [1.54, 1.807) is 19.5 Å². The first kappa shape index (κ1) is 12.6. The zero-order valence-corrected chi connectivity index (χ0v) is 10.9. The highest BCUT2D eigenvalue weighted by Gasteiger charge is 2.20. The van der Waals surface area contributed by atoms with E-state index in [1.165, 1.54) is 0 Å². The summed E-state index contributed by atoms with van der Waals surface area (Å²) in [5, 5.41) is 3.28. The standard InChI is InChI=1S/C13H18N4O/c1-4-17-8-7-16-13(17)12(14-2)10-5-6-15-9-11(10)18-3/h5-9,12,14H,4H2,1-3H3. The van der Waals surface area contributed by atoms with E-state index >= 15 is 0 Å². The number of pyridine rings is 1. The van der Waals surface area contributed by atoms with Gasteiger partial charge in [-0.15, -0.1) is 0 Å². The van der Waals surface area contributed by atoms with Gasteiger partial charge in [-0.2, -0.15) is 0 Å². The maximum atomic E-state index is 5.36. The van der Waals surface area contributed by atoms with Gasteiger partial charge in [-0.1, -0.05) is 0 Å². The van der Waals surface area contributed by atoms with Gasteiger partial charge in [-0.3, -0.25) is 4.98 Å². The van der Waals surface area contributed by atoms with Gasteiger partial charge in [-0.05, 0) is 20.0 Å². The summed E-state index contributed by atoms with van der Waals surface area (Å²) in [4.78, 5) is 8.51. The molecule has 0 amide bonds. The molecule has 2 aromatic heterocycles. The minimum atomic E-state index is -0.00194. The first-order valence-electron chi connectivity index (χ1n) is 5.98. The second-order valence-corrected chi connectivity index (χ2v) is 3.91. The van der Waals surface area contributed by atoms with E-state index < -0.39 is 0 Å². The maximum Gasteiger partial charge on any atom is 0.142 e. The van der Waals surface area contributed by atoms with Crippen molar-refractivity contribution in [2.75, 3.05) is 14.2 Å². The molecule has 2 rings (SSSR count). The minimum absolute atomic E-state index is 0.00194. The third-order valence-electron chi connectivity index (χ3n) is 2.98. The number of imidazole rings is 1. The predicted octanol–water partition coefficient (Wildman–Crippen LogP) is 1.62. The van der Waals surface area contributed by atoms with Crippen molar-refractivity contribution in [2.45, 2.75) is 19.5 Å². The Morgan fingerprint density at radius 2 is 2.28 bits per heavy atom. The van der Waals surface area contributed by atoms with Crippen molar-refractivity contribution in [3.8, 4) is 5.75 Å². The second-order valence-electron chi connectivity index (χ2n) is 3.91. The van der Waals surface area contributed by atoms with Gasteiger partial charge in [0.25, 0.3) is 0 Å². The lowest BCUT2D eigenvalue weighted by Gasteiger charge is -2.19. The van der Waals surface area contributed by atoms with Crippen molar-refractivity contribution in [1.82, 2.24) is 19.9 Å². The molecule has 0 radical (unpaired) electrons. The first-order valence-corrected chi connectivity index (χ1v) is 5.98. The van der Waals surface area contributed by atoms with Crippen molar-refractivity contribution >= 4 is 0 Å². The van der Waals surface area contributed by atoms with Gasteiger partial charge in [0.2, 0.25) is 0 Å². The van der Waals surface area contributed by atoms with E-state index in [1.807, 2.05) is 25.5 Å². The van der Waals surface area contributed by atoms with Crippen LogP contribution in [0.1, 0.15) is 24.4 Å². The molecule has 0 spiro atoms. The Bertz CT molecular complexity index is 509. The lowest BCUT2D eigenvalue weighted by Crippen LogP contribution is -2.22. The van der Waals surface area contributed by atoms with Gasteiger partial charge in [0, 0.05) is 30.7 Å². The molecule has 2 aromatic rings. The van der Waals surface area contributed by atoms with Gasteiger partial charge >= 0.3 is 0 Å². The Balaban J connectivity index is 2.45. The van der Waals surface area contributed by atoms with Gasteiger partial charge in [0.1, 0.15) is 11.6 Å². The molecule has 0 aliphatic heterocycles. The van der Waals surface area contributed by atoms with Crippen LogP contribution in [0.2, 0.25) is 0 Å². The normalized spacial score (nSPS) is 12.4. The fourth-order valence-corrected chi connectivity index (χ4v) is 2.07. The monoisotopic (exact) mass is 246 g/mol. The van der Waals surface area contributed by atoms with E-state index in [4.69, 9.17) is 4.74 Å². The number of nitrogens with one attached hydrogen (secondary N) is 1. The van der Waals surface area contributed by atoms with Crippen LogP contribution in [0.4, 0.5) is 0 Å². The fraction of sp³-hybridized carbons (Fsp3) is 0.385. The molecule has 5 nitrogen and oxygen atoms in total. The van der Waals surface area contributed by atoms with Gasteiger partial charge in [-0.25, -0.2) is 4.98 Å². The zero-order chi connectivity index (χ0) is 13.0. The molecule has 0 saturated heterocycles. The van der Waals surface area contributed by atoms with Crippen LogP contribution in [0.5, 0.6) is 5.75 Å². The largest absolute Gasteiger partial charge is 0.495 e. The van der Waals surface area contributed by atoms with Crippen LogP contribution in [0.15, 0.2) is 30.9 Å². The summed E-state index contributed by atoms with van der Waals surface area (Å²) in [6, 6.07) is 1.95. The lowest BCUT2D eigenvalue weighted by molar-refractivity contribution is 0.401. The molecule has 5 heteroatoms. The van der Waals surface area contributed by atoms with Crippen molar-refractivity contribution in [3.63, 3.8) is 0 Å². The van der Waals surface area contributed by atoms with Gasteiger partial charge in [0.05, 0.1) is 19.3 Å². The average Bonchev–Trinajstić information content (AvgIpc) is 2.88. The molecule has 0 bridgehead atoms. The quantitative estimate of drug-likeness (QED) is 0.871. The smallest absolute Gasteiger partial charge is 0.142 e. The molecule has 96 valence electrons. The molecule has 0 aliphatic rings. The summed E-state index contributed by atoms with van der Waals surface area (Å²) in [5.74, 6) is 1.74. The van der Waals surface area contributed by atoms with Crippen LogP contribution in [0.3, 0.4) is 0 Å². The molecule has 0 fully saturated rings. The van der Waals surface area contributed by atoms with E-state index in [0.717, 1.165) is 23.7 Å². The number of rotatable bonds is 5. The number of nitrogens with zero attached hydrogens (tertiary/aromatic N) is 3. The Morgan fingerprint density at radius 3 is 2.94 bits per heavy atom. The summed E-state index contributed by atoms with van der Waals surface area (Å²) < 4.78 is 7.47. The Morgan fingerprint density at radius 1 is 1.44 bits per heavy atom. The number of ether oxygens (including phenoxy) is 1. The Hall–Kier alpha value is -1.88. The summed E-state index contributed by atoms with van der Waals surface area (Å²) in [5.41, 5.74) is 1.04. The molecule has 18 heavy (non-hydrogen) atoms. The molecular weight excluding hydrogens is 228 g/mol. The van der Waals surface area contributed by atoms with Crippen LogP contribution in [0.25, 0.3) is 0 Å². The van der Waals surface area contributed by atoms with E-state index in [0.29, 0.717) is 0 Å². The van der Waals surface area contributed by atoms with E-state index in [2.05, 4.69) is 26.8 Å². The van der Waals surface area contributed by atoms with Crippen molar-refractivity contribution < 1.29 is 4.74 Å². The third-order valence-corrected chi connectivity index (χ3v) is 2.98. The molecule has 2 heterocycles. The summed E-state index contributed by atoms with van der Waals surface area (Å²) in [6.45, 7) is 2.99. The SMILES string of the molecule is CCn1ccnc1C(NC)c1ccncc1OC.